The van der Waals surface area contributed by atoms with Crippen LogP contribution in [0.1, 0.15) is 27.0 Å². The molecule has 2 aromatic carbocycles. The van der Waals surface area contributed by atoms with E-state index in [4.69, 9.17) is 0 Å². The second kappa shape index (κ2) is 6.96. The van der Waals surface area contributed by atoms with Crippen molar-refractivity contribution in [2.24, 2.45) is 0 Å². The number of aromatic nitrogens is 1. The number of aryl methyl sites for hydroxylation is 1. The Morgan fingerprint density at radius 1 is 1.00 bits per heavy atom. The highest BCUT2D eigenvalue weighted by Gasteiger charge is 2.21. The molecule has 2 heterocycles. The van der Waals surface area contributed by atoms with Crippen molar-refractivity contribution in [3.63, 3.8) is 0 Å². The predicted molar refractivity (Wildman–Crippen MR) is 105 cm³/mol. The Labute approximate surface area is 153 Å². The number of benzene rings is 2. The molecule has 0 saturated heterocycles. The Hall–Kier alpha value is -3.20. The van der Waals surface area contributed by atoms with E-state index in [0.717, 1.165) is 18.5 Å². The fraction of sp³-hybridized carbons (Fsp3) is 0.130. The number of anilines is 1. The standard InChI is InChI=1S/C23H20N2O/c1-17-7-8-22-20(15-17)11-14-25(22)16-21(18-5-3-2-4-6-18)23(26)19-9-12-24-13-10-19/h2-10,12-13,15-16H,11,14H2,1H3/b21-16+. The number of ketones is 1. The van der Waals surface area contributed by atoms with Gasteiger partial charge in [0.25, 0.3) is 0 Å². The van der Waals surface area contributed by atoms with Gasteiger partial charge < -0.3 is 4.90 Å². The molecule has 1 aromatic heterocycles. The van der Waals surface area contributed by atoms with E-state index in [-0.39, 0.29) is 5.78 Å². The van der Waals surface area contributed by atoms with Crippen molar-refractivity contribution in [1.29, 1.82) is 0 Å². The molecule has 1 aliphatic heterocycles. The van der Waals surface area contributed by atoms with Crippen molar-refractivity contribution in [3.8, 4) is 0 Å². The number of carbonyl (C=O) groups excluding carboxylic acids is 1. The van der Waals surface area contributed by atoms with Crippen molar-refractivity contribution in [2.75, 3.05) is 11.4 Å². The second-order valence-corrected chi connectivity index (χ2v) is 6.55. The van der Waals surface area contributed by atoms with Crippen molar-refractivity contribution in [3.05, 3.63) is 102 Å². The van der Waals surface area contributed by atoms with Crippen LogP contribution in [0, 0.1) is 6.92 Å². The maximum absolute atomic E-state index is 13.2. The van der Waals surface area contributed by atoms with Crippen LogP contribution in [0.15, 0.2) is 79.3 Å². The smallest absolute Gasteiger partial charge is 0.195 e. The maximum Gasteiger partial charge on any atom is 0.195 e. The maximum atomic E-state index is 13.2. The minimum Gasteiger partial charge on any atom is -0.347 e. The van der Waals surface area contributed by atoms with E-state index in [1.54, 1.807) is 24.5 Å². The summed E-state index contributed by atoms with van der Waals surface area (Å²) >= 11 is 0. The summed E-state index contributed by atoms with van der Waals surface area (Å²) in [7, 11) is 0. The Morgan fingerprint density at radius 2 is 1.77 bits per heavy atom. The predicted octanol–water partition coefficient (Wildman–Crippen LogP) is 4.68. The first kappa shape index (κ1) is 16.3. The minimum absolute atomic E-state index is 0.0131. The summed E-state index contributed by atoms with van der Waals surface area (Å²) in [6.07, 6.45) is 6.31. The van der Waals surface area contributed by atoms with Gasteiger partial charge in [0.15, 0.2) is 5.78 Å². The van der Waals surface area contributed by atoms with Crippen molar-refractivity contribution in [2.45, 2.75) is 13.3 Å². The summed E-state index contributed by atoms with van der Waals surface area (Å²) in [5, 5.41) is 0. The largest absolute Gasteiger partial charge is 0.347 e. The van der Waals surface area contributed by atoms with Crippen LogP contribution >= 0.6 is 0 Å². The Bertz CT molecular complexity index is 962. The number of hydrogen-bond donors (Lipinski definition) is 0. The number of allylic oxidation sites excluding steroid dienone is 1. The number of hydrogen-bond acceptors (Lipinski definition) is 3. The molecular weight excluding hydrogens is 320 g/mol. The molecule has 3 nitrogen and oxygen atoms in total. The molecule has 0 spiro atoms. The highest BCUT2D eigenvalue weighted by Crippen LogP contribution is 2.31. The van der Waals surface area contributed by atoms with Gasteiger partial charge in [-0.15, -0.1) is 0 Å². The van der Waals surface area contributed by atoms with Crippen LogP contribution in [0.25, 0.3) is 5.57 Å². The molecule has 0 amide bonds. The lowest BCUT2D eigenvalue weighted by atomic mass is 9.98. The summed E-state index contributed by atoms with van der Waals surface area (Å²) in [6, 6.07) is 19.9. The summed E-state index contributed by atoms with van der Waals surface area (Å²) in [5.74, 6) is 0.0131. The lowest BCUT2D eigenvalue weighted by Crippen LogP contribution is -2.15. The van der Waals surface area contributed by atoms with Gasteiger partial charge in [0.05, 0.1) is 0 Å². The number of pyridine rings is 1. The number of carbonyl (C=O) groups is 1. The molecule has 26 heavy (non-hydrogen) atoms. The summed E-state index contributed by atoms with van der Waals surface area (Å²) in [6.45, 7) is 3.00. The van der Waals surface area contributed by atoms with E-state index in [9.17, 15) is 4.79 Å². The van der Waals surface area contributed by atoms with Gasteiger partial charge in [0.2, 0.25) is 0 Å². The third-order valence-electron chi connectivity index (χ3n) is 4.72. The van der Waals surface area contributed by atoms with Crippen LogP contribution in [-0.4, -0.2) is 17.3 Å². The van der Waals surface area contributed by atoms with Gasteiger partial charge in [-0.1, -0.05) is 48.0 Å². The van der Waals surface area contributed by atoms with Gasteiger partial charge in [-0.2, -0.15) is 0 Å². The van der Waals surface area contributed by atoms with Crippen LogP contribution in [0.4, 0.5) is 5.69 Å². The van der Waals surface area contributed by atoms with Crippen LogP contribution in [0.3, 0.4) is 0 Å². The Morgan fingerprint density at radius 3 is 2.54 bits per heavy atom. The van der Waals surface area contributed by atoms with E-state index >= 15 is 0 Å². The van der Waals surface area contributed by atoms with Crippen LogP contribution in [0.5, 0.6) is 0 Å². The molecule has 128 valence electrons. The first-order valence-corrected chi connectivity index (χ1v) is 8.80. The van der Waals surface area contributed by atoms with Gasteiger partial charge in [0.1, 0.15) is 0 Å². The zero-order valence-corrected chi connectivity index (χ0v) is 14.7. The van der Waals surface area contributed by atoms with Gasteiger partial charge in [-0.05, 0) is 42.7 Å². The van der Waals surface area contributed by atoms with Crippen molar-refractivity contribution >= 4 is 17.0 Å². The molecule has 0 fully saturated rings. The molecule has 3 aromatic rings. The van der Waals surface area contributed by atoms with Crippen molar-refractivity contribution < 1.29 is 4.79 Å². The topological polar surface area (TPSA) is 33.2 Å². The monoisotopic (exact) mass is 340 g/mol. The van der Waals surface area contributed by atoms with Crippen molar-refractivity contribution in [1.82, 2.24) is 4.98 Å². The molecule has 0 radical (unpaired) electrons. The number of nitrogens with zero attached hydrogens (tertiary/aromatic N) is 2. The molecule has 0 saturated carbocycles. The van der Waals surface area contributed by atoms with E-state index in [2.05, 4.69) is 35.0 Å². The first-order chi connectivity index (χ1) is 12.7. The van der Waals surface area contributed by atoms with E-state index < -0.39 is 0 Å². The van der Waals surface area contributed by atoms with Gasteiger partial charge in [0, 0.05) is 42.0 Å². The Balaban J connectivity index is 1.77. The molecule has 0 N–H and O–H groups in total. The fourth-order valence-corrected chi connectivity index (χ4v) is 3.39. The first-order valence-electron chi connectivity index (χ1n) is 8.80. The minimum atomic E-state index is 0.0131. The third-order valence-corrected chi connectivity index (χ3v) is 4.72. The molecule has 0 bridgehead atoms. The molecule has 0 unspecified atom stereocenters. The highest BCUT2D eigenvalue weighted by atomic mass is 16.1. The summed E-state index contributed by atoms with van der Waals surface area (Å²) < 4.78 is 0. The van der Waals surface area contributed by atoms with Gasteiger partial charge >= 0.3 is 0 Å². The SMILES string of the molecule is Cc1ccc2c(c1)CCN2/C=C(/C(=O)c1ccncc1)c1ccccc1. The molecule has 3 heteroatoms. The Kier molecular flexibility index (Phi) is 4.36. The van der Waals surface area contributed by atoms with Gasteiger partial charge in [-0.25, -0.2) is 0 Å². The third kappa shape index (κ3) is 3.16. The average molecular weight is 340 g/mol. The molecule has 0 aliphatic carbocycles. The molecular formula is C23H20N2O. The number of fused-ring (bicyclic) bond motifs is 1. The quantitative estimate of drug-likeness (QED) is 0.511. The van der Waals surface area contributed by atoms with Crippen LogP contribution < -0.4 is 4.90 Å². The molecule has 1 aliphatic rings. The lowest BCUT2D eigenvalue weighted by Gasteiger charge is -2.17. The molecule has 4 rings (SSSR count). The lowest BCUT2D eigenvalue weighted by molar-refractivity contribution is 0.105. The van der Waals surface area contributed by atoms with Crippen LogP contribution in [-0.2, 0) is 6.42 Å². The molecule has 0 atom stereocenters. The summed E-state index contributed by atoms with van der Waals surface area (Å²) in [5.41, 5.74) is 6.07. The highest BCUT2D eigenvalue weighted by molar-refractivity contribution is 6.29. The number of Topliss-reactive ketones (excluding diaryl/α,β-unsaturated/α-hetero) is 1. The fourth-order valence-electron chi connectivity index (χ4n) is 3.39. The zero-order valence-electron chi connectivity index (χ0n) is 14.7. The summed E-state index contributed by atoms with van der Waals surface area (Å²) in [4.78, 5) is 19.4. The van der Waals surface area contributed by atoms with Crippen LogP contribution in [0.2, 0.25) is 0 Å². The normalized spacial score (nSPS) is 13.6. The van der Waals surface area contributed by atoms with Gasteiger partial charge in [-0.3, -0.25) is 9.78 Å². The zero-order chi connectivity index (χ0) is 17.9. The average Bonchev–Trinajstić information content (AvgIpc) is 3.08. The van der Waals surface area contributed by atoms with E-state index in [0.29, 0.717) is 11.1 Å². The van der Waals surface area contributed by atoms with E-state index in [1.807, 2.05) is 36.5 Å². The second-order valence-electron chi connectivity index (χ2n) is 6.55. The number of rotatable bonds is 4. The van der Waals surface area contributed by atoms with E-state index in [1.165, 1.54) is 16.8 Å².